The molecule has 2 aliphatic carbocycles. The van der Waals surface area contributed by atoms with E-state index in [2.05, 4.69) is 15.6 Å². The third-order valence-electron chi connectivity index (χ3n) is 4.76. The fourth-order valence-electron chi connectivity index (χ4n) is 3.30. The van der Waals surface area contributed by atoms with Crippen molar-refractivity contribution in [1.29, 1.82) is 0 Å². The van der Waals surface area contributed by atoms with Crippen LogP contribution >= 0.6 is 0 Å². The summed E-state index contributed by atoms with van der Waals surface area (Å²) >= 11 is 0. The number of carbonyl (C=O) groups excluding carboxylic acids is 1. The first-order valence-electron chi connectivity index (χ1n) is 8.93. The van der Waals surface area contributed by atoms with Crippen molar-refractivity contribution in [2.75, 3.05) is 20.6 Å². The number of amides is 1. The summed E-state index contributed by atoms with van der Waals surface area (Å²) in [5.74, 6) is 0.891. The second-order valence-corrected chi connectivity index (χ2v) is 6.91. The van der Waals surface area contributed by atoms with Gasteiger partial charge in [0.05, 0.1) is 0 Å². The van der Waals surface area contributed by atoms with Gasteiger partial charge in [-0.25, -0.2) is 4.99 Å². The zero-order valence-corrected chi connectivity index (χ0v) is 14.2. The summed E-state index contributed by atoms with van der Waals surface area (Å²) < 4.78 is 0. The Morgan fingerprint density at radius 3 is 1.77 bits per heavy atom. The van der Waals surface area contributed by atoms with Crippen LogP contribution in [0.1, 0.15) is 64.2 Å². The van der Waals surface area contributed by atoms with Gasteiger partial charge in [-0.2, -0.15) is 0 Å². The summed E-state index contributed by atoms with van der Waals surface area (Å²) in [5.41, 5.74) is 0. The van der Waals surface area contributed by atoms with Gasteiger partial charge in [0.15, 0.2) is 5.96 Å². The molecule has 2 N–H and O–H groups in total. The van der Waals surface area contributed by atoms with Crippen LogP contribution in [0.15, 0.2) is 4.99 Å². The molecule has 5 heteroatoms. The van der Waals surface area contributed by atoms with Crippen molar-refractivity contribution in [3.05, 3.63) is 0 Å². The Kier molecular flexibility index (Phi) is 7.00. The zero-order valence-electron chi connectivity index (χ0n) is 14.2. The van der Waals surface area contributed by atoms with Crippen LogP contribution in [0, 0.1) is 0 Å². The molecule has 0 bridgehead atoms. The first kappa shape index (κ1) is 17.1. The molecule has 0 unspecified atom stereocenters. The number of rotatable bonds is 4. The molecule has 0 saturated heterocycles. The van der Waals surface area contributed by atoms with E-state index < -0.39 is 0 Å². The topological polar surface area (TPSA) is 56.7 Å². The van der Waals surface area contributed by atoms with E-state index >= 15 is 0 Å². The average molecular weight is 308 g/mol. The molecule has 2 rings (SSSR count). The second kappa shape index (κ2) is 9.01. The number of nitrogens with one attached hydrogen (secondary N) is 2. The number of carbonyl (C=O) groups is 1. The molecule has 0 atom stereocenters. The Balaban J connectivity index is 1.91. The fraction of sp³-hybridized carbons (Fsp3) is 0.882. The summed E-state index contributed by atoms with van der Waals surface area (Å²) in [5, 5.41) is 7.13. The minimum atomic E-state index is 0.0494. The number of likely N-dealkylation sites (N-methyl/N-ethyl adjacent to an activating group) is 1. The Morgan fingerprint density at radius 2 is 1.36 bits per heavy atom. The number of aliphatic imine (C=N–C) groups is 1. The fourth-order valence-corrected chi connectivity index (χ4v) is 3.30. The number of nitrogens with zero attached hydrogens (tertiary/aromatic N) is 2. The lowest BCUT2D eigenvalue weighted by Gasteiger charge is -2.29. The van der Waals surface area contributed by atoms with Crippen molar-refractivity contribution in [3.63, 3.8) is 0 Å². The van der Waals surface area contributed by atoms with Gasteiger partial charge in [0.2, 0.25) is 5.91 Å². The highest BCUT2D eigenvalue weighted by Crippen LogP contribution is 2.19. The first-order valence-corrected chi connectivity index (χ1v) is 8.93. The van der Waals surface area contributed by atoms with Gasteiger partial charge in [-0.15, -0.1) is 0 Å². The minimum absolute atomic E-state index is 0.0494. The molecule has 126 valence electrons. The van der Waals surface area contributed by atoms with Crippen molar-refractivity contribution in [3.8, 4) is 0 Å². The van der Waals surface area contributed by atoms with Gasteiger partial charge in [0, 0.05) is 26.2 Å². The Labute approximate surface area is 134 Å². The van der Waals surface area contributed by atoms with Gasteiger partial charge in [-0.05, 0) is 25.7 Å². The molecule has 22 heavy (non-hydrogen) atoms. The average Bonchev–Trinajstić information content (AvgIpc) is 2.54. The van der Waals surface area contributed by atoms with E-state index in [9.17, 15) is 4.79 Å². The molecule has 0 aliphatic heterocycles. The minimum Gasteiger partial charge on any atom is -0.354 e. The quantitative estimate of drug-likeness (QED) is 0.619. The predicted octanol–water partition coefficient (Wildman–Crippen LogP) is 2.28. The maximum atomic E-state index is 11.8. The van der Waals surface area contributed by atoms with Crippen LogP contribution in [-0.4, -0.2) is 49.5 Å². The lowest BCUT2D eigenvalue weighted by atomic mass is 9.95. The smallest absolute Gasteiger partial charge is 0.243 e. The lowest BCUT2D eigenvalue weighted by molar-refractivity contribution is -0.127. The summed E-state index contributed by atoms with van der Waals surface area (Å²) in [6.07, 6.45) is 12.7. The Hall–Kier alpha value is -1.26. The van der Waals surface area contributed by atoms with E-state index in [1.165, 1.54) is 64.2 Å². The summed E-state index contributed by atoms with van der Waals surface area (Å²) in [7, 11) is 3.56. The van der Waals surface area contributed by atoms with Crippen LogP contribution in [0.25, 0.3) is 0 Å². The number of hydrogen-bond acceptors (Lipinski definition) is 2. The largest absolute Gasteiger partial charge is 0.354 e. The maximum Gasteiger partial charge on any atom is 0.243 e. The van der Waals surface area contributed by atoms with Crippen LogP contribution < -0.4 is 10.6 Å². The van der Waals surface area contributed by atoms with E-state index in [-0.39, 0.29) is 12.5 Å². The van der Waals surface area contributed by atoms with Gasteiger partial charge in [0.1, 0.15) is 6.54 Å². The van der Waals surface area contributed by atoms with Gasteiger partial charge in [0.25, 0.3) is 0 Å². The highest BCUT2D eigenvalue weighted by Gasteiger charge is 2.19. The molecule has 0 radical (unpaired) electrons. The van der Waals surface area contributed by atoms with Gasteiger partial charge in [-0.3, -0.25) is 4.79 Å². The van der Waals surface area contributed by atoms with Crippen molar-refractivity contribution in [1.82, 2.24) is 15.5 Å². The molecular formula is C17H32N4O. The van der Waals surface area contributed by atoms with Crippen LogP contribution in [-0.2, 0) is 4.79 Å². The number of hydrogen-bond donors (Lipinski definition) is 2. The zero-order chi connectivity index (χ0) is 15.8. The Bertz CT molecular complexity index is 347. The van der Waals surface area contributed by atoms with Gasteiger partial charge < -0.3 is 15.5 Å². The maximum absolute atomic E-state index is 11.8. The molecular weight excluding hydrogens is 276 g/mol. The molecule has 2 aliphatic rings. The molecule has 0 aromatic carbocycles. The first-order chi connectivity index (χ1) is 10.6. The molecule has 2 fully saturated rings. The normalized spacial score (nSPS) is 20.3. The van der Waals surface area contributed by atoms with E-state index in [0.717, 1.165) is 5.96 Å². The van der Waals surface area contributed by atoms with Crippen LogP contribution in [0.5, 0.6) is 0 Å². The van der Waals surface area contributed by atoms with Crippen molar-refractivity contribution in [2.45, 2.75) is 76.3 Å². The van der Waals surface area contributed by atoms with Gasteiger partial charge in [-0.1, -0.05) is 38.5 Å². The molecule has 2 saturated carbocycles. The molecule has 0 aromatic heterocycles. The Morgan fingerprint density at radius 1 is 0.909 bits per heavy atom. The number of guanidine groups is 1. The summed E-state index contributed by atoms with van der Waals surface area (Å²) in [4.78, 5) is 17.9. The summed E-state index contributed by atoms with van der Waals surface area (Å²) in [6, 6.07) is 1.02. The van der Waals surface area contributed by atoms with Crippen LogP contribution in [0.3, 0.4) is 0 Å². The SMILES string of the molecule is CN(C)C(=O)CN=C(NC1CCCCC1)NC1CCCCC1. The van der Waals surface area contributed by atoms with E-state index in [1.54, 1.807) is 19.0 Å². The lowest BCUT2D eigenvalue weighted by Crippen LogP contribution is -2.48. The van der Waals surface area contributed by atoms with Crippen molar-refractivity contribution >= 4 is 11.9 Å². The standard InChI is InChI=1S/C17H32N4O/c1-21(2)16(22)13-18-17(19-14-9-5-3-6-10-14)20-15-11-7-4-8-12-15/h14-15H,3-13H2,1-2H3,(H2,18,19,20). The summed E-state index contributed by atoms with van der Waals surface area (Å²) in [6.45, 7) is 0.224. The van der Waals surface area contributed by atoms with Gasteiger partial charge >= 0.3 is 0 Å². The van der Waals surface area contributed by atoms with Crippen molar-refractivity contribution in [2.24, 2.45) is 4.99 Å². The molecule has 0 aromatic rings. The van der Waals surface area contributed by atoms with Crippen LogP contribution in [0.2, 0.25) is 0 Å². The van der Waals surface area contributed by atoms with Crippen molar-refractivity contribution < 1.29 is 4.79 Å². The predicted molar refractivity (Wildman–Crippen MR) is 91.0 cm³/mol. The highest BCUT2D eigenvalue weighted by molar-refractivity contribution is 5.85. The molecule has 0 spiro atoms. The molecule has 0 heterocycles. The van der Waals surface area contributed by atoms with E-state index in [0.29, 0.717) is 12.1 Å². The third kappa shape index (κ3) is 5.85. The molecule has 5 nitrogen and oxygen atoms in total. The second-order valence-electron chi connectivity index (χ2n) is 6.91. The molecule has 1 amide bonds. The highest BCUT2D eigenvalue weighted by atomic mass is 16.2. The van der Waals surface area contributed by atoms with E-state index in [4.69, 9.17) is 0 Å². The van der Waals surface area contributed by atoms with Crippen LogP contribution in [0.4, 0.5) is 0 Å². The van der Waals surface area contributed by atoms with E-state index in [1.807, 2.05) is 0 Å². The monoisotopic (exact) mass is 308 g/mol. The third-order valence-corrected chi connectivity index (χ3v) is 4.76.